The van der Waals surface area contributed by atoms with Crippen LogP contribution in [-0.4, -0.2) is 0 Å². The summed E-state index contributed by atoms with van der Waals surface area (Å²) in [7, 11) is 0. The molecule has 0 radical (unpaired) electrons. The van der Waals surface area contributed by atoms with Gasteiger partial charge in [-0.05, 0) is 108 Å². The third-order valence-corrected chi connectivity index (χ3v) is 8.17. The SMILES string of the molecule is C.CC(C)c1ccc(C(F)(F)F)c(Cl)c1.Cc1cc(C(C)C)ccc1Cl.Cc1cc(C(C)C)ccc1F.Cc1ccc(F)c(C(C)C)c1. The first-order chi connectivity index (χ1) is 21.6. The second-order valence-electron chi connectivity index (χ2n) is 12.9. The number of rotatable bonds is 4. The normalized spacial score (nSPS) is 10.9. The van der Waals surface area contributed by atoms with Crippen molar-refractivity contribution in [2.24, 2.45) is 0 Å². The van der Waals surface area contributed by atoms with Crippen LogP contribution in [-0.2, 0) is 6.18 Å². The molecular weight excluding hydrogens is 658 g/mol. The second-order valence-corrected chi connectivity index (χ2v) is 13.7. The van der Waals surface area contributed by atoms with Crippen molar-refractivity contribution in [3.8, 4) is 0 Å². The van der Waals surface area contributed by atoms with Gasteiger partial charge in [0.15, 0.2) is 0 Å². The molecule has 0 aliphatic heterocycles. The minimum absolute atomic E-state index is 0. The van der Waals surface area contributed by atoms with E-state index in [9.17, 15) is 22.0 Å². The highest BCUT2D eigenvalue weighted by atomic mass is 35.5. The maximum Gasteiger partial charge on any atom is 0.417 e. The van der Waals surface area contributed by atoms with Crippen LogP contribution in [0, 0.1) is 32.4 Å². The van der Waals surface area contributed by atoms with E-state index in [0.717, 1.165) is 38.9 Å². The number of benzene rings is 4. The fraction of sp³-hybridized carbons (Fsp3) is 0.415. The molecule has 0 unspecified atom stereocenters. The molecule has 0 spiro atoms. The van der Waals surface area contributed by atoms with Crippen LogP contribution in [0.15, 0.2) is 72.8 Å². The summed E-state index contributed by atoms with van der Waals surface area (Å²) in [5, 5.41) is 0.623. The Hall–Kier alpha value is -2.89. The van der Waals surface area contributed by atoms with Crippen molar-refractivity contribution < 1.29 is 22.0 Å². The summed E-state index contributed by atoms with van der Waals surface area (Å²) in [6.07, 6.45) is -4.37. The van der Waals surface area contributed by atoms with Crippen LogP contribution >= 0.6 is 23.2 Å². The molecule has 48 heavy (non-hydrogen) atoms. The molecule has 0 saturated carbocycles. The molecule has 0 bridgehead atoms. The standard InChI is InChI=1S/C10H10ClF3.C10H13Cl.2C10H13F.CH4/c1-6(2)7-3-4-8(9(11)5-7)10(12,13)14;2*1-7(2)9-4-5-10(11)8(3)6-9;1-7(2)9-6-8(3)4-5-10(9)11;/h3-6H,1-2H3;3*4-7H,1-3H3;1H4. The van der Waals surface area contributed by atoms with Crippen LogP contribution in [0.2, 0.25) is 10.0 Å². The summed E-state index contributed by atoms with van der Waals surface area (Å²) in [6, 6.07) is 20.6. The van der Waals surface area contributed by atoms with Gasteiger partial charge in [-0.3, -0.25) is 0 Å². The fourth-order valence-electron chi connectivity index (χ4n) is 4.28. The Labute approximate surface area is 296 Å². The van der Waals surface area contributed by atoms with Gasteiger partial charge in [-0.2, -0.15) is 13.2 Å². The zero-order valence-electron chi connectivity index (χ0n) is 29.4. The highest BCUT2D eigenvalue weighted by Gasteiger charge is 2.33. The van der Waals surface area contributed by atoms with E-state index in [1.807, 2.05) is 65.8 Å². The molecule has 0 atom stereocenters. The smallest absolute Gasteiger partial charge is 0.207 e. The Kier molecular flexibility index (Phi) is 19.3. The molecule has 7 heteroatoms. The molecule has 0 nitrogen and oxygen atoms in total. The van der Waals surface area contributed by atoms with Crippen LogP contribution in [0.4, 0.5) is 22.0 Å². The predicted molar refractivity (Wildman–Crippen MR) is 198 cm³/mol. The van der Waals surface area contributed by atoms with E-state index in [-0.39, 0.29) is 35.9 Å². The van der Waals surface area contributed by atoms with E-state index < -0.39 is 11.7 Å². The summed E-state index contributed by atoms with van der Waals surface area (Å²) in [5.74, 6) is 1.31. The molecule has 0 fully saturated rings. The summed E-state index contributed by atoms with van der Waals surface area (Å²) in [6.45, 7) is 22.2. The van der Waals surface area contributed by atoms with Crippen molar-refractivity contribution in [1.82, 2.24) is 0 Å². The van der Waals surface area contributed by atoms with Gasteiger partial charge in [0.25, 0.3) is 0 Å². The number of hydrogen-bond donors (Lipinski definition) is 0. The lowest BCUT2D eigenvalue weighted by Crippen LogP contribution is -2.06. The number of hydrogen-bond acceptors (Lipinski definition) is 0. The third-order valence-electron chi connectivity index (χ3n) is 7.44. The first-order valence-electron chi connectivity index (χ1n) is 15.8. The maximum atomic E-state index is 13.0. The van der Waals surface area contributed by atoms with E-state index >= 15 is 0 Å². The van der Waals surface area contributed by atoms with Gasteiger partial charge in [0.1, 0.15) is 11.6 Å². The Bertz CT molecular complexity index is 1500. The maximum absolute atomic E-state index is 13.0. The van der Waals surface area contributed by atoms with Crippen molar-refractivity contribution in [3.05, 3.63) is 139 Å². The van der Waals surface area contributed by atoms with Crippen molar-refractivity contribution in [3.63, 3.8) is 0 Å². The van der Waals surface area contributed by atoms with Crippen LogP contribution in [0.1, 0.15) is 131 Å². The van der Waals surface area contributed by atoms with Crippen LogP contribution < -0.4 is 0 Å². The minimum Gasteiger partial charge on any atom is -0.207 e. The summed E-state index contributed by atoms with van der Waals surface area (Å²) >= 11 is 11.4. The van der Waals surface area contributed by atoms with Gasteiger partial charge in [-0.25, -0.2) is 8.78 Å². The molecule has 0 amide bonds. The van der Waals surface area contributed by atoms with Gasteiger partial charge in [-0.15, -0.1) is 0 Å². The summed E-state index contributed by atoms with van der Waals surface area (Å²) in [5.41, 5.74) is 6.41. The molecule has 0 aliphatic carbocycles. The average Bonchev–Trinajstić information content (AvgIpc) is 2.97. The summed E-state index contributed by atoms with van der Waals surface area (Å²) in [4.78, 5) is 0. The highest BCUT2D eigenvalue weighted by molar-refractivity contribution is 6.31. The zero-order chi connectivity index (χ0) is 36.2. The van der Waals surface area contributed by atoms with Crippen LogP contribution in [0.5, 0.6) is 0 Å². The minimum atomic E-state index is -4.37. The molecule has 266 valence electrons. The number of halogens is 7. The van der Waals surface area contributed by atoms with Crippen molar-refractivity contribution in [2.75, 3.05) is 0 Å². The molecule has 0 aromatic heterocycles. The van der Waals surface area contributed by atoms with Crippen LogP contribution in [0.3, 0.4) is 0 Å². The lowest BCUT2D eigenvalue weighted by atomic mass is 10.0. The largest absolute Gasteiger partial charge is 0.417 e. The summed E-state index contributed by atoms with van der Waals surface area (Å²) < 4.78 is 62.7. The molecular formula is C41H53Cl2F5. The Morgan fingerprint density at radius 3 is 1.33 bits per heavy atom. The number of aryl methyl sites for hydroxylation is 3. The second kappa shape index (κ2) is 20.6. The molecule has 4 rings (SSSR count). The lowest BCUT2D eigenvalue weighted by molar-refractivity contribution is -0.137. The van der Waals surface area contributed by atoms with Crippen molar-refractivity contribution in [2.45, 2.75) is 113 Å². The molecule has 4 aromatic rings. The lowest BCUT2D eigenvalue weighted by Gasteiger charge is -2.11. The molecule has 0 saturated heterocycles. The molecule has 0 heterocycles. The first kappa shape index (κ1) is 45.1. The fourth-order valence-corrected chi connectivity index (χ4v) is 4.69. The Morgan fingerprint density at radius 1 is 0.500 bits per heavy atom. The van der Waals surface area contributed by atoms with E-state index in [4.69, 9.17) is 23.2 Å². The van der Waals surface area contributed by atoms with Gasteiger partial charge >= 0.3 is 6.18 Å². The molecule has 0 N–H and O–H groups in total. The Morgan fingerprint density at radius 2 is 0.938 bits per heavy atom. The van der Waals surface area contributed by atoms with Gasteiger partial charge < -0.3 is 0 Å². The van der Waals surface area contributed by atoms with E-state index in [1.165, 1.54) is 35.4 Å². The monoisotopic (exact) mass is 710 g/mol. The van der Waals surface area contributed by atoms with E-state index in [1.54, 1.807) is 13.0 Å². The van der Waals surface area contributed by atoms with Gasteiger partial charge in [0.2, 0.25) is 0 Å². The van der Waals surface area contributed by atoms with Gasteiger partial charge in [0.05, 0.1) is 10.6 Å². The zero-order valence-corrected chi connectivity index (χ0v) is 30.9. The van der Waals surface area contributed by atoms with Crippen LogP contribution in [0.25, 0.3) is 0 Å². The van der Waals surface area contributed by atoms with Crippen molar-refractivity contribution >= 4 is 23.2 Å². The van der Waals surface area contributed by atoms with E-state index in [0.29, 0.717) is 11.8 Å². The molecule has 0 aliphatic rings. The third kappa shape index (κ3) is 15.1. The average molecular weight is 712 g/mol. The predicted octanol–water partition coefficient (Wildman–Crippen LogP) is 15.4. The number of alkyl halides is 3. The Balaban J connectivity index is 0.000000613. The molecule has 4 aromatic carbocycles. The topological polar surface area (TPSA) is 0 Å². The first-order valence-corrected chi connectivity index (χ1v) is 16.6. The van der Waals surface area contributed by atoms with Gasteiger partial charge in [-0.1, -0.05) is 134 Å². The van der Waals surface area contributed by atoms with Gasteiger partial charge in [0, 0.05) is 5.02 Å². The van der Waals surface area contributed by atoms with E-state index in [2.05, 4.69) is 39.8 Å². The van der Waals surface area contributed by atoms with Crippen molar-refractivity contribution in [1.29, 1.82) is 0 Å². The quantitative estimate of drug-likeness (QED) is 0.185. The highest BCUT2D eigenvalue weighted by Crippen LogP contribution is 2.36.